The van der Waals surface area contributed by atoms with Gasteiger partial charge in [-0.2, -0.15) is 5.26 Å². The van der Waals surface area contributed by atoms with Gasteiger partial charge in [0.15, 0.2) is 0 Å². The van der Waals surface area contributed by atoms with E-state index in [2.05, 4.69) is 0 Å². The molecule has 4 nitrogen and oxygen atoms in total. The van der Waals surface area contributed by atoms with Crippen molar-refractivity contribution in [1.29, 1.82) is 5.26 Å². The van der Waals surface area contributed by atoms with Gasteiger partial charge < -0.3 is 10.5 Å². The minimum absolute atomic E-state index is 0.0780. The average Bonchev–Trinajstić information content (AvgIpc) is 2.31. The molecule has 0 aliphatic heterocycles. The molecule has 1 aromatic rings. The van der Waals surface area contributed by atoms with Gasteiger partial charge >= 0.3 is 5.97 Å². The van der Waals surface area contributed by atoms with E-state index in [4.69, 9.17) is 15.7 Å². The summed E-state index contributed by atoms with van der Waals surface area (Å²) in [4.78, 5) is 11.2. The van der Waals surface area contributed by atoms with Crippen LogP contribution < -0.4 is 5.73 Å². The van der Waals surface area contributed by atoms with Gasteiger partial charge in [-0.3, -0.25) is 4.79 Å². The number of nitrogens with two attached hydrogens (primary N) is 1. The van der Waals surface area contributed by atoms with E-state index in [1.54, 1.807) is 6.92 Å². The minimum Gasteiger partial charge on any atom is -0.466 e. The summed E-state index contributed by atoms with van der Waals surface area (Å²) in [6.45, 7) is 1.85. The van der Waals surface area contributed by atoms with Gasteiger partial charge in [0.1, 0.15) is 5.82 Å². The fourth-order valence-corrected chi connectivity index (χ4v) is 1.48. The molecular weight excluding hydrogens is 223 g/mol. The second-order valence-electron chi connectivity index (χ2n) is 3.36. The molecule has 0 heterocycles. The third-order valence-electron chi connectivity index (χ3n) is 2.29. The van der Waals surface area contributed by atoms with Crippen molar-refractivity contribution < 1.29 is 13.9 Å². The summed E-state index contributed by atoms with van der Waals surface area (Å²) in [6, 6.07) is 4.72. The molecule has 0 unspecified atom stereocenters. The Kier molecular flexibility index (Phi) is 4.61. The fraction of sp³-hybridized carbons (Fsp3) is 0.333. The maximum Gasteiger partial charge on any atom is 0.310 e. The molecule has 0 aliphatic rings. The molecule has 0 atom stereocenters. The highest BCUT2D eigenvalue weighted by molar-refractivity contribution is 5.72. The predicted octanol–water partition coefficient (Wildman–Crippen LogP) is 1.26. The van der Waals surface area contributed by atoms with E-state index in [9.17, 15) is 9.18 Å². The van der Waals surface area contributed by atoms with E-state index < -0.39 is 11.8 Å². The summed E-state index contributed by atoms with van der Waals surface area (Å²) in [5, 5.41) is 8.77. The number of nitriles is 1. The zero-order valence-corrected chi connectivity index (χ0v) is 9.50. The Hall–Kier alpha value is -1.93. The topological polar surface area (TPSA) is 76.1 Å². The van der Waals surface area contributed by atoms with Gasteiger partial charge in [-0.1, -0.05) is 6.07 Å². The van der Waals surface area contributed by atoms with E-state index in [0.29, 0.717) is 0 Å². The number of hydrogen-bond acceptors (Lipinski definition) is 4. The van der Waals surface area contributed by atoms with Gasteiger partial charge in [0, 0.05) is 12.1 Å². The Labute approximate surface area is 98.8 Å². The second kappa shape index (κ2) is 5.97. The van der Waals surface area contributed by atoms with Crippen LogP contribution in [0.4, 0.5) is 4.39 Å². The Morgan fingerprint density at radius 2 is 2.29 bits per heavy atom. The molecule has 90 valence electrons. The molecule has 0 bridgehead atoms. The summed E-state index contributed by atoms with van der Waals surface area (Å²) < 4.78 is 18.6. The van der Waals surface area contributed by atoms with Crippen LogP contribution in [0.2, 0.25) is 0 Å². The summed E-state index contributed by atoms with van der Waals surface area (Å²) in [5.74, 6) is -1.10. The van der Waals surface area contributed by atoms with Crippen molar-refractivity contribution in [3.8, 4) is 6.07 Å². The number of carbonyl (C=O) groups excluding carboxylic acids is 1. The quantitative estimate of drug-likeness (QED) is 0.798. The first-order chi connectivity index (χ1) is 8.13. The maximum absolute atomic E-state index is 13.9. The van der Waals surface area contributed by atoms with E-state index in [1.807, 2.05) is 6.07 Å². The van der Waals surface area contributed by atoms with Gasteiger partial charge in [0.2, 0.25) is 0 Å². The number of halogens is 1. The molecule has 5 heteroatoms. The normalized spacial score (nSPS) is 9.76. The van der Waals surface area contributed by atoms with Crippen LogP contribution in [-0.4, -0.2) is 12.6 Å². The number of hydrogen-bond donors (Lipinski definition) is 1. The van der Waals surface area contributed by atoms with Crippen molar-refractivity contribution in [3.05, 3.63) is 34.6 Å². The van der Waals surface area contributed by atoms with E-state index in [0.717, 1.165) is 0 Å². The van der Waals surface area contributed by atoms with Crippen molar-refractivity contribution in [2.75, 3.05) is 6.61 Å². The van der Waals surface area contributed by atoms with Crippen LogP contribution in [0.1, 0.15) is 23.6 Å². The van der Waals surface area contributed by atoms with Crippen LogP contribution in [0.25, 0.3) is 0 Å². The second-order valence-corrected chi connectivity index (χ2v) is 3.36. The van der Waals surface area contributed by atoms with E-state index in [1.165, 1.54) is 12.1 Å². The third-order valence-corrected chi connectivity index (χ3v) is 2.29. The molecule has 1 rings (SSSR count). The van der Waals surface area contributed by atoms with Crippen molar-refractivity contribution in [1.82, 2.24) is 0 Å². The van der Waals surface area contributed by atoms with Gasteiger partial charge in [-0.25, -0.2) is 4.39 Å². The lowest BCUT2D eigenvalue weighted by Crippen LogP contribution is -2.12. The molecule has 0 aliphatic carbocycles. The largest absolute Gasteiger partial charge is 0.466 e. The predicted molar refractivity (Wildman–Crippen MR) is 59.3 cm³/mol. The zero-order valence-electron chi connectivity index (χ0n) is 9.50. The van der Waals surface area contributed by atoms with Gasteiger partial charge in [0.05, 0.1) is 24.7 Å². The minimum atomic E-state index is -0.598. The standard InChI is InChI=1S/C12H13FN2O2/c1-2-17-11(16)5-8-3-4-9(6-14)10(7-15)12(8)13/h3-4H,2,5,7,15H2,1H3. The van der Waals surface area contributed by atoms with Crippen LogP contribution in [0.5, 0.6) is 0 Å². The molecule has 1 aromatic carbocycles. The van der Waals surface area contributed by atoms with Crippen molar-refractivity contribution in [2.24, 2.45) is 5.73 Å². The van der Waals surface area contributed by atoms with Crippen molar-refractivity contribution in [2.45, 2.75) is 19.9 Å². The molecule has 17 heavy (non-hydrogen) atoms. The lowest BCUT2D eigenvalue weighted by Gasteiger charge is -2.08. The Bertz CT molecular complexity index is 466. The Morgan fingerprint density at radius 1 is 1.59 bits per heavy atom. The third kappa shape index (κ3) is 3.02. The highest BCUT2D eigenvalue weighted by Crippen LogP contribution is 2.18. The summed E-state index contributed by atoms with van der Waals surface area (Å²) >= 11 is 0. The number of benzene rings is 1. The molecular formula is C12H13FN2O2. The lowest BCUT2D eigenvalue weighted by molar-refractivity contribution is -0.142. The number of ether oxygens (including phenoxy) is 1. The molecule has 0 saturated carbocycles. The highest BCUT2D eigenvalue weighted by Gasteiger charge is 2.15. The Balaban J connectivity index is 3.03. The van der Waals surface area contributed by atoms with Gasteiger partial charge in [-0.05, 0) is 18.6 Å². The van der Waals surface area contributed by atoms with E-state index >= 15 is 0 Å². The van der Waals surface area contributed by atoms with Crippen LogP contribution in [-0.2, 0) is 22.5 Å². The first-order valence-electron chi connectivity index (χ1n) is 5.20. The maximum atomic E-state index is 13.9. The van der Waals surface area contributed by atoms with Gasteiger partial charge in [0.25, 0.3) is 0 Å². The average molecular weight is 236 g/mol. The molecule has 0 amide bonds. The molecule has 2 N–H and O–H groups in total. The zero-order chi connectivity index (χ0) is 12.8. The van der Waals surface area contributed by atoms with Crippen molar-refractivity contribution in [3.63, 3.8) is 0 Å². The highest BCUT2D eigenvalue weighted by atomic mass is 19.1. The number of esters is 1. The smallest absolute Gasteiger partial charge is 0.310 e. The number of carbonyl (C=O) groups is 1. The van der Waals surface area contributed by atoms with Crippen LogP contribution in [0.3, 0.4) is 0 Å². The first-order valence-corrected chi connectivity index (χ1v) is 5.20. The van der Waals surface area contributed by atoms with Crippen LogP contribution >= 0.6 is 0 Å². The monoisotopic (exact) mass is 236 g/mol. The van der Waals surface area contributed by atoms with Gasteiger partial charge in [-0.15, -0.1) is 0 Å². The first kappa shape index (κ1) is 13.1. The molecule has 0 spiro atoms. The van der Waals surface area contributed by atoms with Crippen LogP contribution in [0.15, 0.2) is 12.1 Å². The SMILES string of the molecule is CCOC(=O)Cc1ccc(C#N)c(CN)c1F. The fourth-order valence-electron chi connectivity index (χ4n) is 1.48. The Morgan fingerprint density at radius 3 is 2.82 bits per heavy atom. The van der Waals surface area contributed by atoms with Crippen LogP contribution in [0, 0.1) is 17.1 Å². The van der Waals surface area contributed by atoms with Crippen molar-refractivity contribution >= 4 is 5.97 Å². The molecule has 0 saturated heterocycles. The molecule has 0 radical (unpaired) electrons. The summed E-state index contributed by atoms with van der Waals surface area (Å²) in [7, 11) is 0. The summed E-state index contributed by atoms with van der Waals surface area (Å²) in [5.41, 5.74) is 5.90. The number of nitrogens with zero attached hydrogens (tertiary/aromatic N) is 1. The molecule has 0 aromatic heterocycles. The lowest BCUT2D eigenvalue weighted by atomic mass is 10.0. The van der Waals surface area contributed by atoms with E-state index in [-0.39, 0.29) is 36.3 Å². The number of rotatable bonds is 4. The molecule has 0 fully saturated rings. The summed E-state index contributed by atoms with van der Waals surface area (Å²) in [6.07, 6.45) is -0.154.